The van der Waals surface area contributed by atoms with Crippen LogP contribution in [0.4, 0.5) is 0 Å². The van der Waals surface area contributed by atoms with Crippen LogP contribution in [-0.2, 0) is 28.2 Å². The SMILES string of the molecule is CC/C=C\C/C=C\C/C=C\C/C=C\C=C/C(O)C/C=C\CCC(=O)OC[C@H](COP(=O)(O)O)OC(=O)CCC/C=C\C/C=C\C/C=C\CCCCCCCC. The summed E-state index contributed by atoms with van der Waals surface area (Å²) in [6.07, 6.45) is 51.3. The summed E-state index contributed by atoms with van der Waals surface area (Å²) in [4.78, 5) is 42.8. The Morgan fingerprint density at radius 1 is 0.582 bits per heavy atom. The summed E-state index contributed by atoms with van der Waals surface area (Å²) in [5.41, 5.74) is 0. The Balaban J connectivity index is 4.27. The highest BCUT2D eigenvalue weighted by molar-refractivity contribution is 7.46. The molecule has 0 spiro atoms. The van der Waals surface area contributed by atoms with Crippen LogP contribution in [0, 0.1) is 0 Å². The van der Waals surface area contributed by atoms with Crippen LogP contribution in [0.3, 0.4) is 0 Å². The van der Waals surface area contributed by atoms with Crippen LogP contribution >= 0.6 is 7.82 Å². The van der Waals surface area contributed by atoms with Crippen LogP contribution in [0.5, 0.6) is 0 Å². The number of esters is 2. The zero-order valence-corrected chi connectivity index (χ0v) is 34.5. The number of hydrogen-bond donors (Lipinski definition) is 3. The molecule has 0 fully saturated rings. The van der Waals surface area contributed by atoms with Gasteiger partial charge in [0, 0.05) is 12.8 Å². The van der Waals surface area contributed by atoms with Gasteiger partial charge in [0.05, 0.1) is 12.7 Å². The van der Waals surface area contributed by atoms with Gasteiger partial charge >= 0.3 is 19.8 Å². The molecule has 0 aliphatic rings. The lowest BCUT2D eigenvalue weighted by Crippen LogP contribution is -2.29. The lowest BCUT2D eigenvalue weighted by atomic mass is 10.1. The Labute approximate surface area is 332 Å². The molecule has 2 atom stereocenters. The van der Waals surface area contributed by atoms with Gasteiger partial charge in [-0.3, -0.25) is 14.1 Å². The predicted octanol–water partition coefficient (Wildman–Crippen LogP) is 11.4. The minimum atomic E-state index is -4.82. The molecular weight excluding hydrogens is 715 g/mol. The molecule has 0 amide bonds. The normalized spacial score (nSPS) is 14.2. The van der Waals surface area contributed by atoms with Crippen molar-refractivity contribution in [1.29, 1.82) is 0 Å². The third-order valence-electron chi connectivity index (χ3n) is 7.87. The highest BCUT2D eigenvalue weighted by Gasteiger charge is 2.22. The minimum Gasteiger partial charge on any atom is -0.462 e. The molecule has 0 aliphatic carbocycles. The number of aliphatic hydroxyl groups is 1. The van der Waals surface area contributed by atoms with Crippen molar-refractivity contribution >= 4 is 19.8 Å². The van der Waals surface area contributed by atoms with Gasteiger partial charge in [-0.1, -0.05) is 155 Å². The fourth-order valence-electron chi connectivity index (χ4n) is 4.85. The highest BCUT2D eigenvalue weighted by atomic mass is 31.2. The Kier molecular flexibility index (Phi) is 36.6. The summed E-state index contributed by atoms with van der Waals surface area (Å²) < 4.78 is 26.2. The number of phosphoric acid groups is 1. The lowest BCUT2D eigenvalue weighted by molar-refractivity contribution is -0.161. The third-order valence-corrected chi connectivity index (χ3v) is 8.35. The Morgan fingerprint density at radius 2 is 1.13 bits per heavy atom. The van der Waals surface area contributed by atoms with Gasteiger partial charge in [0.2, 0.25) is 0 Å². The fourth-order valence-corrected chi connectivity index (χ4v) is 5.21. The van der Waals surface area contributed by atoms with Crippen LogP contribution < -0.4 is 0 Å². The van der Waals surface area contributed by atoms with Crippen molar-refractivity contribution < 1.29 is 43.0 Å². The van der Waals surface area contributed by atoms with Crippen molar-refractivity contribution in [2.45, 2.75) is 148 Å². The maximum atomic E-state index is 12.4. The molecule has 0 rings (SSSR count). The molecule has 55 heavy (non-hydrogen) atoms. The maximum Gasteiger partial charge on any atom is 0.469 e. The van der Waals surface area contributed by atoms with Crippen LogP contribution in [0.25, 0.3) is 0 Å². The summed E-state index contributed by atoms with van der Waals surface area (Å²) in [7, 11) is -4.82. The summed E-state index contributed by atoms with van der Waals surface area (Å²) in [6, 6.07) is 0. The number of rotatable bonds is 35. The smallest absolute Gasteiger partial charge is 0.462 e. The molecule has 9 nitrogen and oxygen atoms in total. The molecule has 0 aliphatic heterocycles. The minimum absolute atomic E-state index is 0.0435. The molecule has 0 bridgehead atoms. The quantitative estimate of drug-likeness (QED) is 0.0188. The van der Waals surface area contributed by atoms with E-state index >= 15 is 0 Å². The van der Waals surface area contributed by atoms with Crippen molar-refractivity contribution in [1.82, 2.24) is 0 Å². The Morgan fingerprint density at radius 3 is 1.75 bits per heavy atom. The van der Waals surface area contributed by atoms with Gasteiger partial charge in [-0.25, -0.2) is 4.57 Å². The van der Waals surface area contributed by atoms with Crippen LogP contribution in [-0.4, -0.2) is 52.3 Å². The average molecular weight is 787 g/mol. The number of hydrogen-bond acceptors (Lipinski definition) is 7. The number of carbonyl (C=O) groups excluding carboxylic acids is 2. The first-order valence-corrected chi connectivity index (χ1v) is 21.8. The molecule has 310 valence electrons. The monoisotopic (exact) mass is 786 g/mol. The summed E-state index contributed by atoms with van der Waals surface area (Å²) in [6.45, 7) is 3.35. The second kappa shape index (κ2) is 38.9. The van der Waals surface area contributed by atoms with E-state index in [4.69, 9.17) is 19.3 Å². The van der Waals surface area contributed by atoms with E-state index in [0.29, 0.717) is 25.7 Å². The molecule has 0 aromatic heterocycles. The van der Waals surface area contributed by atoms with Crippen molar-refractivity contribution in [3.63, 3.8) is 0 Å². The molecule has 3 N–H and O–H groups in total. The first-order chi connectivity index (χ1) is 26.7. The number of carbonyl (C=O) groups is 2. The molecule has 0 saturated carbocycles. The van der Waals surface area contributed by atoms with E-state index in [1.165, 1.54) is 38.5 Å². The van der Waals surface area contributed by atoms with E-state index in [9.17, 15) is 19.3 Å². The number of unbranched alkanes of at least 4 members (excludes halogenated alkanes) is 7. The molecule has 0 radical (unpaired) electrons. The van der Waals surface area contributed by atoms with E-state index in [0.717, 1.165) is 44.9 Å². The van der Waals surface area contributed by atoms with Crippen LogP contribution in [0.2, 0.25) is 0 Å². The zero-order chi connectivity index (χ0) is 40.5. The van der Waals surface area contributed by atoms with E-state index < -0.39 is 45.2 Å². The highest BCUT2D eigenvalue weighted by Crippen LogP contribution is 2.35. The second-order valence-electron chi connectivity index (χ2n) is 13.1. The van der Waals surface area contributed by atoms with Gasteiger partial charge in [-0.2, -0.15) is 0 Å². The standard InChI is InChI=1S/C45H71O9P/c1-3-5-7-9-11-13-15-17-18-19-20-22-24-26-28-30-34-39-45(48)54-43(41-53-55(49,50)51)40-52-44(47)38-35-31-33-37-42(46)36-32-29-27-25-23-21-16-14-12-10-8-6-4-2/h6,8,12,14,17-18,20-23,26-29,31-33,36,42-43,46H,3-5,7,9-11,13,15-16,19,24-25,30,34-35,37-41H2,1-2H3,(H2,49,50,51)/b8-6-,14-12-,18-17-,22-20-,23-21-,28-26-,29-27-,33-31-,36-32-/t42?,43-/m1/s1. The maximum absolute atomic E-state index is 12.4. The molecule has 0 aromatic rings. The van der Waals surface area contributed by atoms with Crippen molar-refractivity contribution in [3.8, 4) is 0 Å². The number of phosphoric ester groups is 1. The van der Waals surface area contributed by atoms with Gasteiger partial charge in [0.25, 0.3) is 0 Å². The zero-order valence-electron chi connectivity index (χ0n) is 33.6. The Bertz CT molecular complexity index is 1270. The van der Waals surface area contributed by atoms with E-state index in [-0.39, 0.29) is 12.8 Å². The molecule has 1 unspecified atom stereocenters. The number of allylic oxidation sites excluding steroid dienone is 16. The van der Waals surface area contributed by atoms with E-state index in [2.05, 4.69) is 79.1 Å². The molecular formula is C45H71O9P. The van der Waals surface area contributed by atoms with Gasteiger partial charge in [0.1, 0.15) is 6.61 Å². The van der Waals surface area contributed by atoms with Crippen LogP contribution in [0.15, 0.2) is 109 Å². The predicted molar refractivity (Wildman–Crippen MR) is 226 cm³/mol. The van der Waals surface area contributed by atoms with Gasteiger partial charge in [-0.05, 0) is 77.0 Å². The number of aliphatic hydroxyl groups excluding tert-OH is 1. The summed E-state index contributed by atoms with van der Waals surface area (Å²) in [5, 5.41) is 10.1. The molecule has 10 heteroatoms. The van der Waals surface area contributed by atoms with Crippen molar-refractivity contribution in [3.05, 3.63) is 109 Å². The van der Waals surface area contributed by atoms with Crippen LogP contribution in [0.1, 0.15) is 136 Å². The fraction of sp³-hybridized carbons (Fsp3) is 0.556. The van der Waals surface area contributed by atoms with E-state index in [1.807, 2.05) is 24.3 Å². The first kappa shape index (κ1) is 51.7. The first-order valence-electron chi connectivity index (χ1n) is 20.3. The third kappa shape index (κ3) is 41.7. The molecule has 0 heterocycles. The van der Waals surface area contributed by atoms with Crippen molar-refractivity contribution in [2.24, 2.45) is 0 Å². The second-order valence-corrected chi connectivity index (χ2v) is 14.3. The van der Waals surface area contributed by atoms with Gasteiger partial charge in [-0.15, -0.1) is 0 Å². The Hall–Kier alpha value is -3.33. The van der Waals surface area contributed by atoms with Gasteiger partial charge < -0.3 is 24.4 Å². The summed E-state index contributed by atoms with van der Waals surface area (Å²) >= 11 is 0. The van der Waals surface area contributed by atoms with Crippen molar-refractivity contribution in [2.75, 3.05) is 13.2 Å². The lowest BCUT2D eigenvalue weighted by Gasteiger charge is -2.18. The molecule has 0 saturated heterocycles. The van der Waals surface area contributed by atoms with Gasteiger partial charge in [0.15, 0.2) is 6.10 Å². The largest absolute Gasteiger partial charge is 0.469 e. The topological polar surface area (TPSA) is 140 Å². The average Bonchev–Trinajstić information content (AvgIpc) is 3.15. The van der Waals surface area contributed by atoms with E-state index in [1.54, 1.807) is 24.3 Å². The number of ether oxygens (including phenoxy) is 2. The summed E-state index contributed by atoms with van der Waals surface area (Å²) in [5.74, 6) is -1.14. The molecule has 0 aromatic carbocycles.